The SMILES string of the molecule is COC[I-][C@]1(OC)CCCC1C. The summed E-state index contributed by atoms with van der Waals surface area (Å²) in [4.78, 5) is 0. The molecule has 0 N–H and O–H groups in total. The molecule has 1 saturated carbocycles. The minimum atomic E-state index is 0.0498. The molecule has 2 atom stereocenters. The van der Waals surface area contributed by atoms with Gasteiger partial charge < -0.3 is 0 Å². The summed E-state index contributed by atoms with van der Waals surface area (Å²) in [6.45, 7) is 2.31. The number of hydrogen-bond acceptors (Lipinski definition) is 2. The van der Waals surface area contributed by atoms with E-state index in [9.17, 15) is 0 Å². The molecule has 1 rings (SSSR count). The van der Waals surface area contributed by atoms with E-state index in [0.717, 1.165) is 10.5 Å². The molecular formula is C9H18IO2-. The molecule has 0 radical (unpaired) electrons. The average Bonchev–Trinajstić information content (AvgIpc) is 2.45. The molecule has 2 nitrogen and oxygen atoms in total. The van der Waals surface area contributed by atoms with E-state index in [1.54, 1.807) is 7.11 Å². The monoisotopic (exact) mass is 285 g/mol. The summed E-state index contributed by atoms with van der Waals surface area (Å²) in [5.74, 6) is 0.741. The van der Waals surface area contributed by atoms with E-state index in [1.165, 1.54) is 19.3 Å². The fourth-order valence-corrected chi connectivity index (χ4v) is 4.79. The first-order valence-electron chi connectivity index (χ1n) is 4.39. The number of methoxy groups -OCH3 is 2. The topological polar surface area (TPSA) is 18.5 Å². The van der Waals surface area contributed by atoms with E-state index in [1.807, 2.05) is 7.11 Å². The number of halogens is 1. The van der Waals surface area contributed by atoms with Gasteiger partial charge in [0, 0.05) is 0 Å². The Bertz CT molecular complexity index is 140. The first-order chi connectivity index (χ1) is 5.75. The van der Waals surface area contributed by atoms with E-state index >= 15 is 0 Å². The van der Waals surface area contributed by atoms with Gasteiger partial charge >= 0.3 is 85.2 Å². The zero-order valence-corrected chi connectivity index (χ0v) is 10.3. The molecule has 1 aliphatic carbocycles. The van der Waals surface area contributed by atoms with Gasteiger partial charge in [-0.05, 0) is 0 Å². The molecule has 1 unspecified atom stereocenters. The van der Waals surface area contributed by atoms with E-state index in [0.29, 0.717) is 0 Å². The Morgan fingerprint density at radius 1 is 1.50 bits per heavy atom. The predicted octanol–water partition coefficient (Wildman–Crippen LogP) is -1.16. The molecular weight excluding hydrogens is 267 g/mol. The second kappa shape index (κ2) is 4.77. The Kier molecular flexibility index (Phi) is 4.26. The third-order valence-electron chi connectivity index (χ3n) is 2.62. The molecule has 0 aliphatic heterocycles. The normalized spacial score (nSPS) is 36.1. The molecule has 0 spiro atoms. The summed E-state index contributed by atoms with van der Waals surface area (Å²) >= 11 is 0.0498. The van der Waals surface area contributed by atoms with Gasteiger partial charge in [0.2, 0.25) is 0 Å². The second-order valence-electron chi connectivity index (χ2n) is 3.32. The predicted molar refractivity (Wildman–Crippen MR) is 44.6 cm³/mol. The van der Waals surface area contributed by atoms with Crippen LogP contribution in [0.1, 0.15) is 26.2 Å². The molecule has 0 heterocycles. The van der Waals surface area contributed by atoms with Crippen LogP contribution in [0.2, 0.25) is 0 Å². The van der Waals surface area contributed by atoms with Crippen LogP contribution in [0.4, 0.5) is 0 Å². The van der Waals surface area contributed by atoms with E-state index < -0.39 is 0 Å². The van der Waals surface area contributed by atoms with Gasteiger partial charge in [0.05, 0.1) is 0 Å². The summed E-state index contributed by atoms with van der Waals surface area (Å²) in [6.07, 6.45) is 3.91. The molecule has 12 heavy (non-hydrogen) atoms. The Morgan fingerprint density at radius 3 is 2.67 bits per heavy atom. The Balaban J connectivity index is 2.49. The third-order valence-corrected chi connectivity index (χ3v) is 6.89. The number of rotatable bonds is 4. The van der Waals surface area contributed by atoms with Crippen molar-refractivity contribution in [2.45, 2.75) is 29.8 Å². The fourth-order valence-electron chi connectivity index (χ4n) is 1.81. The third kappa shape index (κ3) is 2.12. The molecule has 3 heteroatoms. The molecule has 0 aromatic carbocycles. The molecule has 0 amide bonds. The summed E-state index contributed by atoms with van der Waals surface area (Å²) in [5.41, 5.74) is 0. The van der Waals surface area contributed by atoms with Crippen LogP contribution in [0, 0.1) is 5.92 Å². The Hall–Kier alpha value is 0.650. The van der Waals surface area contributed by atoms with Gasteiger partial charge in [-0.15, -0.1) is 0 Å². The van der Waals surface area contributed by atoms with Crippen LogP contribution < -0.4 is 21.2 Å². The summed E-state index contributed by atoms with van der Waals surface area (Å²) in [5, 5.41) is 0. The minimum absolute atomic E-state index is 0.0498. The van der Waals surface area contributed by atoms with Crippen LogP contribution in [-0.4, -0.2) is 22.4 Å². The fraction of sp³-hybridized carbons (Fsp3) is 1.00. The molecule has 0 saturated heterocycles. The van der Waals surface area contributed by atoms with Crippen molar-refractivity contribution in [3.63, 3.8) is 0 Å². The molecule has 74 valence electrons. The molecule has 1 aliphatic rings. The van der Waals surface area contributed by atoms with Gasteiger partial charge in [0.1, 0.15) is 0 Å². The first kappa shape index (κ1) is 10.7. The molecule has 0 bridgehead atoms. The standard InChI is InChI=1S/C9H18IO2/c1-8-5-4-6-9(8,12-3)10-7-11-2/h8H,4-7H2,1-3H3/q-1/t8?,9-/m0/s1. The van der Waals surface area contributed by atoms with E-state index in [-0.39, 0.29) is 24.8 Å². The van der Waals surface area contributed by atoms with Gasteiger partial charge in [0.15, 0.2) is 0 Å². The summed E-state index contributed by atoms with van der Waals surface area (Å²) < 4.78 is 12.0. The van der Waals surface area contributed by atoms with E-state index in [4.69, 9.17) is 9.47 Å². The van der Waals surface area contributed by atoms with Crippen LogP contribution in [0.5, 0.6) is 0 Å². The van der Waals surface area contributed by atoms with Gasteiger partial charge in [-0.1, -0.05) is 0 Å². The van der Waals surface area contributed by atoms with Gasteiger partial charge in [-0.3, -0.25) is 0 Å². The van der Waals surface area contributed by atoms with Crippen LogP contribution in [-0.2, 0) is 9.47 Å². The maximum absolute atomic E-state index is 5.68. The molecule has 1 fully saturated rings. The van der Waals surface area contributed by atoms with Crippen molar-refractivity contribution in [3.8, 4) is 0 Å². The van der Waals surface area contributed by atoms with Crippen molar-refractivity contribution in [1.29, 1.82) is 0 Å². The summed E-state index contributed by atoms with van der Waals surface area (Å²) in [7, 11) is 3.64. The number of hydrogen-bond donors (Lipinski definition) is 0. The van der Waals surface area contributed by atoms with Crippen molar-refractivity contribution < 1.29 is 30.7 Å². The van der Waals surface area contributed by atoms with Crippen LogP contribution >= 0.6 is 0 Å². The quantitative estimate of drug-likeness (QED) is 0.479. The van der Waals surface area contributed by atoms with Gasteiger partial charge in [-0.2, -0.15) is 0 Å². The van der Waals surface area contributed by atoms with E-state index in [2.05, 4.69) is 6.92 Å². The molecule has 0 aromatic rings. The second-order valence-corrected chi connectivity index (χ2v) is 6.53. The zero-order valence-electron chi connectivity index (χ0n) is 8.10. The van der Waals surface area contributed by atoms with Crippen molar-refractivity contribution in [1.82, 2.24) is 0 Å². The van der Waals surface area contributed by atoms with Crippen LogP contribution in [0.15, 0.2) is 0 Å². The number of ether oxygens (including phenoxy) is 2. The van der Waals surface area contributed by atoms with Crippen molar-refractivity contribution >= 4 is 0 Å². The van der Waals surface area contributed by atoms with Gasteiger partial charge in [0.25, 0.3) is 0 Å². The van der Waals surface area contributed by atoms with Crippen molar-refractivity contribution in [2.75, 3.05) is 18.8 Å². The average molecular weight is 285 g/mol. The number of alkyl halides is 2. The summed E-state index contributed by atoms with van der Waals surface area (Å²) in [6, 6.07) is 0. The van der Waals surface area contributed by atoms with Crippen molar-refractivity contribution in [3.05, 3.63) is 0 Å². The first-order valence-corrected chi connectivity index (χ1v) is 7.00. The van der Waals surface area contributed by atoms with Gasteiger partial charge in [-0.25, -0.2) is 0 Å². The maximum atomic E-state index is 5.68. The van der Waals surface area contributed by atoms with Crippen LogP contribution in [0.25, 0.3) is 0 Å². The Morgan fingerprint density at radius 2 is 2.25 bits per heavy atom. The van der Waals surface area contributed by atoms with Crippen LogP contribution in [0.3, 0.4) is 0 Å². The Labute approximate surface area is 85.3 Å². The molecule has 0 aromatic heterocycles. The van der Waals surface area contributed by atoms with Crippen molar-refractivity contribution in [2.24, 2.45) is 5.92 Å². The zero-order chi connectivity index (χ0) is 9.03.